The highest BCUT2D eigenvalue weighted by molar-refractivity contribution is 5.86. The molecule has 0 amide bonds. The molecule has 0 aliphatic carbocycles. The number of aromatic carboxylic acids is 1. The first-order valence-corrected chi connectivity index (χ1v) is 6.62. The molecular formula is C15H16N2O5. The van der Waals surface area contributed by atoms with Gasteiger partial charge in [-0.1, -0.05) is 0 Å². The van der Waals surface area contributed by atoms with Gasteiger partial charge in [0.1, 0.15) is 11.3 Å². The quantitative estimate of drug-likeness (QED) is 0.919. The van der Waals surface area contributed by atoms with Crippen molar-refractivity contribution in [2.45, 2.75) is 19.9 Å². The van der Waals surface area contributed by atoms with Crippen LogP contribution in [-0.4, -0.2) is 27.3 Å². The van der Waals surface area contributed by atoms with Crippen LogP contribution in [0.15, 0.2) is 40.1 Å². The number of nitrogens with zero attached hydrogens (tertiary/aromatic N) is 2. The lowest BCUT2D eigenvalue weighted by Crippen LogP contribution is -2.41. The molecule has 0 fully saturated rings. The first kappa shape index (κ1) is 15.6. The molecule has 7 heteroatoms. The summed E-state index contributed by atoms with van der Waals surface area (Å²) in [6.07, 6.45) is 1.08. The van der Waals surface area contributed by atoms with E-state index in [1.807, 2.05) is 0 Å². The van der Waals surface area contributed by atoms with Gasteiger partial charge in [0, 0.05) is 12.2 Å². The minimum Gasteiger partial charge on any atom is -0.497 e. The van der Waals surface area contributed by atoms with E-state index in [1.165, 1.54) is 23.8 Å². The van der Waals surface area contributed by atoms with Gasteiger partial charge in [-0.25, -0.2) is 14.2 Å². The number of ether oxygens (including phenoxy) is 1. The Kier molecular flexibility index (Phi) is 4.16. The van der Waals surface area contributed by atoms with E-state index in [0.29, 0.717) is 5.75 Å². The van der Waals surface area contributed by atoms with Gasteiger partial charge >= 0.3 is 11.7 Å². The van der Waals surface area contributed by atoms with Crippen LogP contribution in [0.4, 0.5) is 0 Å². The molecule has 0 spiro atoms. The molecular weight excluding hydrogens is 288 g/mol. The van der Waals surface area contributed by atoms with Crippen LogP contribution >= 0.6 is 0 Å². The van der Waals surface area contributed by atoms with Crippen molar-refractivity contribution >= 4 is 5.97 Å². The molecule has 116 valence electrons. The molecule has 0 atom stereocenters. The lowest BCUT2D eigenvalue weighted by molar-refractivity contribution is 0.0693. The van der Waals surface area contributed by atoms with Crippen LogP contribution < -0.4 is 16.0 Å². The zero-order chi connectivity index (χ0) is 16.4. The first-order chi connectivity index (χ1) is 10.4. The van der Waals surface area contributed by atoms with E-state index in [2.05, 4.69) is 0 Å². The SMILES string of the molecule is COc1ccc(-n2c(=O)c(C(=O)O)cn(C(C)C)c2=O)cc1. The second-order valence-electron chi connectivity index (χ2n) is 4.97. The monoisotopic (exact) mass is 304 g/mol. The molecule has 0 aliphatic heterocycles. The van der Waals surface area contributed by atoms with Gasteiger partial charge in [0.05, 0.1) is 12.8 Å². The number of benzene rings is 1. The van der Waals surface area contributed by atoms with E-state index in [-0.39, 0.29) is 11.7 Å². The van der Waals surface area contributed by atoms with Crippen molar-refractivity contribution in [2.24, 2.45) is 0 Å². The van der Waals surface area contributed by atoms with Crippen molar-refractivity contribution in [2.75, 3.05) is 7.11 Å². The van der Waals surface area contributed by atoms with E-state index in [1.54, 1.807) is 26.0 Å². The summed E-state index contributed by atoms with van der Waals surface area (Å²) in [4.78, 5) is 36.0. The Morgan fingerprint density at radius 2 is 1.77 bits per heavy atom. The van der Waals surface area contributed by atoms with Gasteiger partial charge in [0.25, 0.3) is 5.56 Å². The van der Waals surface area contributed by atoms with Crippen molar-refractivity contribution in [1.29, 1.82) is 0 Å². The summed E-state index contributed by atoms with van der Waals surface area (Å²) in [6, 6.07) is 5.95. The van der Waals surface area contributed by atoms with E-state index in [0.717, 1.165) is 10.8 Å². The number of hydrogen-bond acceptors (Lipinski definition) is 4. The molecule has 2 rings (SSSR count). The van der Waals surface area contributed by atoms with Crippen molar-refractivity contribution in [1.82, 2.24) is 9.13 Å². The summed E-state index contributed by atoms with van der Waals surface area (Å²) in [6.45, 7) is 3.46. The number of carboxylic acids is 1. The van der Waals surface area contributed by atoms with E-state index >= 15 is 0 Å². The van der Waals surface area contributed by atoms with Crippen molar-refractivity contribution in [3.8, 4) is 11.4 Å². The number of methoxy groups -OCH3 is 1. The fourth-order valence-electron chi connectivity index (χ4n) is 2.05. The summed E-state index contributed by atoms with van der Waals surface area (Å²) < 4.78 is 7.09. The fraction of sp³-hybridized carbons (Fsp3) is 0.267. The third-order valence-corrected chi connectivity index (χ3v) is 3.23. The van der Waals surface area contributed by atoms with Crippen molar-refractivity contribution < 1.29 is 14.6 Å². The third kappa shape index (κ3) is 2.65. The lowest BCUT2D eigenvalue weighted by Gasteiger charge is -2.14. The largest absolute Gasteiger partial charge is 0.497 e. The minimum atomic E-state index is -1.37. The number of aromatic nitrogens is 2. The highest BCUT2D eigenvalue weighted by Crippen LogP contribution is 2.13. The molecule has 1 N–H and O–H groups in total. The molecule has 0 unspecified atom stereocenters. The molecule has 0 saturated carbocycles. The Morgan fingerprint density at radius 1 is 1.18 bits per heavy atom. The molecule has 1 aromatic heterocycles. The number of carbonyl (C=O) groups is 1. The molecule has 22 heavy (non-hydrogen) atoms. The van der Waals surface area contributed by atoms with Crippen molar-refractivity contribution in [3.05, 3.63) is 56.9 Å². The van der Waals surface area contributed by atoms with Gasteiger partial charge < -0.3 is 9.84 Å². The summed E-state index contributed by atoms with van der Waals surface area (Å²) in [5, 5.41) is 9.17. The standard InChI is InChI=1S/C15H16N2O5/c1-9(2)16-8-12(14(19)20)13(18)17(15(16)21)10-4-6-11(22-3)7-5-10/h4-9H,1-3H3,(H,19,20). The third-order valence-electron chi connectivity index (χ3n) is 3.23. The Labute approximate surface area is 126 Å². The van der Waals surface area contributed by atoms with Gasteiger partial charge in [-0.15, -0.1) is 0 Å². The van der Waals surface area contributed by atoms with Gasteiger partial charge in [0.2, 0.25) is 0 Å². The molecule has 0 bridgehead atoms. The van der Waals surface area contributed by atoms with Crippen LogP contribution in [0.1, 0.15) is 30.2 Å². The minimum absolute atomic E-state index is 0.282. The summed E-state index contributed by atoms with van der Waals surface area (Å²) >= 11 is 0. The molecule has 1 heterocycles. The van der Waals surface area contributed by atoms with Crippen LogP contribution in [0.25, 0.3) is 5.69 Å². The Balaban J connectivity index is 2.80. The van der Waals surface area contributed by atoms with Crippen molar-refractivity contribution in [3.63, 3.8) is 0 Å². The molecule has 7 nitrogen and oxygen atoms in total. The van der Waals surface area contributed by atoms with E-state index < -0.39 is 22.8 Å². The maximum atomic E-state index is 12.5. The summed E-state index contributed by atoms with van der Waals surface area (Å²) in [5.74, 6) is -0.808. The predicted octanol–water partition coefficient (Wildman–Crippen LogP) is 1.29. The smallest absolute Gasteiger partial charge is 0.342 e. The Bertz CT molecular complexity index is 815. The summed E-state index contributed by atoms with van der Waals surface area (Å²) in [5.41, 5.74) is -1.62. The van der Waals surface area contributed by atoms with Crippen LogP contribution in [0.2, 0.25) is 0 Å². The van der Waals surface area contributed by atoms with E-state index in [9.17, 15) is 14.4 Å². The predicted molar refractivity (Wildman–Crippen MR) is 80.2 cm³/mol. The maximum absolute atomic E-state index is 12.5. The molecule has 0 saturated heterocycles. The van der Waals surface area contributed by atoms with Gasteiger partial charge in [-0.2, -0.15) is 0 Å². The lowest BCUT2D eigenvalue weighted by atomic mass is 10.2. The number of carboxylic acid groups (broad SMARTS) is 1. The zero-order valence-corrected chi connectivity index (χ0v) is 12.4. The van der Waals surface area contributed by atoms with Gasteiger partial charge in [-0.3, -0.25) is 9.36 Å². The molecule has 0 radical (unpaired) electrons. The van der Waals surface area contributed by atoms with Crippen LogP contribution in [-0.2, 0) is 0 Å². The van der Waals surface area contributed by atoms with Crippen LogP contribution in [0.3, 0.4) is 0 Å². The summed E-state index contributed by atoms with van der Waals surface area (Å²) in [7, 11) is 1.50. The van der Waals surface area contributed by atoms with E-state index in [4.69, 9.17) is 9.84 Å². The van der Waals surface area contributed by atoms with Crippen LogP contribution in [0, 0.1) is 0 Å². The second kappa shape index (κ2) is 5.88. The maximum Gasteiger partial charge on any atom is 0.342 e. The zero-order valence-electron chi connectivity index (χ0n) is 12.4. The average molecular weight is 304 g/mol. The first-order valence-electron chi connectivity index (χ1n) is 6.62. The molecule has 2 aromatic rings. The fourth-order valence-corrected chi connectivity index (χ4v) is 2.05. The number of rotatable bonds is 4. The average Bonchev–Trinajstić information content (AvgIpc) is 2.47. The molecule has 0 aliphatic rings. The highest BCUT2D eigenvalue weighted by atomic mass is 16.5. The highest BCUT2D eigenvalue weighted by Gasteiger charge is 2.18. The Morgan fingerprint density at radius 3 is 2.23 bits per heavy atom. The number of hydrogen-bond donors (Lipinski definition) is 1. The van der Waals surface area contributed by atoms with Gasteiger partial charge in [0.15, 0.2) is 0 Å². The normalized spacial score (nSPS) is 10.7. The topological polar surface area (TPSA) is 90.5 Å². The Hall–Kier alpha value is -2.83. The second-order valence-corrected chi connectivity index (χ2v) is 4.97. The van der Waals surface area contributed by atoms with Gasteiger partial charge in [-0.05, 0) is 38.1 Å². The van der Waals surface area contributed by atoms with Crippen LogP contribution in [0.5, 0.6) is 5.75 Å². The molecule has 1 aromatic carbocycles.